The zero-order valence-electron chi connectivity index (χ0n) is 18.3. The van der Waals surface area contributed by atoms with Gasteiger partial charge in [0, 0.05) is 40.1 Å². The Morgan fingerprint density at radius 3 is 2.22 bits per heavy atom. The minimum atomic E-state index is -0.0891. The smallest absolute Gasteiger partial charge is 0.251 e. The van der Waals surface area contributed by atoms with E-state index in [9.17, 15) is 4.79 Å². The highest BCUT2D eigenvalue weighted by molar-refractivity contribution is 7.09. The predicted molar refractivity (Wildman–Crippen MR) is 130 cm³/mol. The van der Waals surface area contributed by atoms with Gasteiger partial charge in [0.2, 0.25) is 5.95 Å². The summed E-state index contributed by atoms with van der Waals surface area (Å²) in [6.07, 6.45) is 0.770. The molecule has 2 heterocycles. The van der Waals surface area contributed by atoms with Crippen LogP contribution in [-0.4, -0.2) is 27.4 Å². The van der Waals surface area contributed by atoms with Crippen molar-refractivity contribution < 1.29 is 4.79 Å². The first kappa shape index (κ1) is 21.6. The number of amides is 1. The molecule has 4 aromatic rings. The van der Waals surface area contributed by atoms with Crippen LogP contribution in [0.1, 0.15) is 32.3 Å². The van der Waals surface area contributed by atoms with E-state index in [1.54, 1.807) is 23.5 Å². The molecule has 0 radical (unpaired) electrons. The van der Waals surface area contributed by atoms with E-state index in [-0.39, 0.29) is 5.91 Å². The highest BCUT2D eigenvalue weighted by atomic mass is 32.1. The molecule has 0 spiro atoms. The maximum Gasteiger partial charge on any atom is 0.251 e. The average Bonchev–Trinajstić information content (AvgIpc) is 3.20. The van der Waals surface area contributed by atoms with Gasteiger partial charge in [0.15, 0.2) is 0 Å². The van der Waals surface area contributed by atoms with Crippen molar-refractivity contribution in [3.05, 3.63) is 87.5 Å². The number of nitrogens with one attached hydrogen (secondary N) is 2. The molecular formula is C25H25N5OS. The van der Waals surface area contributed by atoms with Gasteiger partial charge in [-0.3, -0.25) is 4.79 Å². The van der Waals surface area contributed by atoms with E-state index in [0.29, 0.717) is 18.1 Å². The summed E-state index contributed by atoms with van der Waals surface area (Å²) < 4.78 is 0. The summed E-state index contributed by atoms with van der Waals surface area (Å²) in [6, 6.07) is 17.6. The molecular weight excluding hydrogens is 418 g/mol. The Morgan fingerprint density at radius 1 is 0.906 bits per heavy atom. The van der Waals surface area contributed by atoms with Crippen molar-refractivity contribution in [2.24, 2.45) is 0 Å². The van der Waals surface area contributed by atoms with Gasteiger partial charge in [-0.05, 0) is 63.1 Å². The molecule has 1 amide bonds. The van der Waals surface area contributed by atoms with Crippen LogP contribution in [0.2, 0.25) is 0 Å². The third-order valence-electron chi connectivity index (χ3n) is 4.95. The van der Waals surface area contributed by atoms with Gasteiger partial charge in [0.1, 0.15) is 0 Å². The lowest BCUT2D eigenvalue weighted by atomic mass is 10.1. The number of rotatable bonds is 7. The molecule has 0 saturated carbocycles. The monoisotopic (exact) mass is 443 g/mol. The van der Waals surface area contributed by atoms with E-state index >= 15 is 0 Å². The van der Waals surface area contributed by atoms with Gasteiger partial charge in [-0.2, -0.15) is 0 Å². The molecule has 2 N–H and O–H groups in total. The van der Waals surface area contributed by atoms with Crippen molar-refractivity contribution in [3.8, 4) is 11.3 Å². The lowest BCUT2D eigenvalue weighted by Crippen LogP contribution is -2.25. The molecule has 4 rings (SSSR count). The molecule has 162 valence electrons. The molecule has 6 nitrogen and oxygen atoms in total. The number of thiazole rings is 1. The molecule has 0 aliphatic carbocycles. The second-order valence-corrected chi connectivity index (χ2v) is 8.69. The number of hydrogen-bond donors (Lipinski definition) is 2. The largest absolute Gasteiger partial charge is 0.352 e. The summed E-state index contributed by atoms with van der Waals surface area (Å²) >= 11 is 1.65. The quantitative estimate of drug-likeness (QED) is 0.408. The van der Waals surface area contributed by atoms with Crippen LogP contribution in [0.4, 0.5) is 11.6 Å². The minimum absolute atomic E-state index is 0.0891. The van der Waals surface area contributed by atoms with E-state index < -0.39 is 0 Å². The fraction of sp³-hybridized carbons (Fsp3) is 0.200. The molecule has 0 fully saturated rings. The van der Waals surface area contributed by atoms with Gasteiger partial charge in [-0.25, -0.2) is 15.0 Å². The van der Waals surface area contributed by atoms with E-state index in [1.807, 2.05) is 39.0 Å². The first-order valence-electron chi connectivity index (χ1n) is 10.5. The van der Waals surface area contributed by atoms with Gasteiger partial charge in [-0.15, -0.1) is 11.3 Å². The summed E-state index contributed by atoms with van der Waals surface area (Å²) in [5.74, 6) is 0.462. The number of benzene rings is 2. The Hall–Kier alpha value is -3.58. The number of anilines is 2. The second kappa shape index (κ2) is 9.70. The van der Waals surface area contributed by atoms with Crippen LogP contribution in [0.5, 0.6) is 0 Å². The van der Waals surface area contributed by atoms with Crippen LogP contribution < -0.4 is 10.6 Å². The highest BCUT2D eigenvalue weighted by Crippen LogP contribution is 2.22. The molecule has 0 unspecified atom stereocenters. The topological polar surface area (TPSA) is 79.8 Å². The van der Waals surface area contributed by atoms with E-state index in [1.165, 1.54) is 5.56 Å². The standard InChI is InChI=1S/C25H25N5OS/c1-16-14-17(2)28-25(27-16)30-22-10-8-21(9-11-22)24(31)26-13-12-19-4-6-20(7-5-19)23-15-32-18(3)29-23/h4-11,14-15H,12-13H2,1-3H3,(H,26,31)(H,27,28,30). The van der Waals surface area contributed by atoms with Gasteiger partial charge in [0.25, 0.3) is 5.91 Å². The lowest BCUT2D eigenvalue weighted by Gasteiger charge is -2.09. The maximum absolute atomic E-state index is 12.5. The number of carbonyl (C=O) groups excluding carboxylic acids is 1. The molecule has 7 heteroatoms. The number of nitrogens with zero attached hydrogens (tertiary/aromatic N) is 3. The van der Waals surface area contributed by atoms with Crippen molar-refractivity contribution in [2.75, 3.05) is 11.9 Å². The fourth-order valence-electron chi connectivity index (χ4n) is 3.38. The number of aromatic nitrogens is 3. The Bertz CT molecular complexity index is 1200. The Balaban J connectivity index is 1.28. The van der Waals surface area contributed by atoms with E-state index in [0.717, 1.165) is 39.8 Å². The summed E-state index contributed by atoms with van der Waals surface area (Å²) in [4.78, 5) is 25.7. The van der Waals surface area contributed by atoms with Gasteiger partial charge in [0.05, 0.1) is 10.7 Å². The molecule has 0 saturated heterocycles. The normalized spacial score (nSPS) is 10.7. The summed E-state index contributed by atoms with van der Waals surface area (Å²) in [5.41, 5.74) is 6.56. The number of aryl methyl sites for hydroxylation is 3. The highest BCUT2D eigenvalue weighted by Gasteiger charge is 2.07. The van der Waals surface area contributed by atoms with Crippen molar-refractivity contribution in [3.63, 3.8) is 0 Å². The SMILES string of the molecule is Cc1cc(C)nc(Nc2ccc(C(=O)NCCc3ccc(-c4csc(C)n4)cc3)cc2)n1. The molecule has 0 aliphatic heterocycles. The van der Waals surface area contributed by atoms with Crippen LogP contribution in [0.15, 0.2) is 60.0 Å². The van der Waals surface area contributed by atoms with Crippen LogP contribution in [-0.2, 0) is 6.42 Å². The summed E-state index contributed by atoms with van der Waals surface area (Å²) in [6.45, 7) is 6.45. The summed E-state index contributed by atoms with van der Waals surface area (Å²) in [7, 11) is 0. The Labute approximate surface area is 191 Å². The molecule has 0 bridgehead atoms. The molecule has 0 aliphatic rings. The lowest BCUT2D eigenvalue weighted by molar-refractivity contribution is 0.0954. The summed E-state index contributed by atoms with van der Waals surface area (Å²) in [5, 5.41) is 9.30. The Morgan fingerprint density at radius 2 is 1.59 bits per heavy atom. The molecule has 2 aromatic heterocycles. The zero-order chi connectivity index (χ0) is 22.5. The molecule has 2 aromatic carbocycles. The van der Waals surface area contributed by atoms with Crippen molar-refractivity contribution in [2.45, 2.75) is 27.2 Å². The average molecular weight is 444 g/mol. The van der Waals surface area contributed by atoms with Crippen LogP contribution >= 0.6 is 11.3 Å². The third-order valence-corrected chi connectivity index (χ3v) is 5.73. The molecule has 32 heavy (non-hydrogen) atoms. The first-order chi connectivity index (χ1) is 15.5. The minimum Gasteiger partial charge on any atom is -0.352 e. The van der Waals surface area contributed by atoms with E-state index in [4.69, 9.17) is 0 Å². The van der Waals surface area contributed by atoms with Gasteiger partial charge >= 0.3 is 0 Å². The number of carbonyl (C=O) groups is 1. The fourth-order valence-corrected chi connectivity index (χ4v) is 4.00. The van der Waals surface area contributed by atoms with Crippen LogP contribution in [0.3, 0.4) is 0 Å². The van der Waals surface area contributed by atoms with E-state index in [2.05, 4.69) is 55.2 Å². The van der Waals surface area contributed by atoms with Crippen molar-refractivity contribution >= 4 is 28.9 Å². The van der Waals surface area contributed by atoms with Crippen molar-refractivity contribution in [1.29, 1.82) is 0 Å². The Kier molecular flexibility index (Phi) is 6.56. The number of hydrogen-bond acceptors (Lipinski definition) is 6. The zero-order valence-corrected chi connectivity index (χ0v) is 19.2. The van der Waals surface area contributed by atoms with Crippen LogP contribution in [0.25, 0.3) is 11.3 Å². The van der Waals surface area contributed by atoms with Gasteiger partial charge in [-0.1, -0.05) is 24.3 Å². The molecule has 0 atom stereocenters. The third kappa shape index (κ3) is 5.56. The second-order valence-electron chi connectivity index (χ2n) is 7.63. The maximum atomic E-state index is 12.5. The van der Waals surface area contributed by atoms with Crippen molar-refractivity contribution in [1.82, 2.24) is 20.3 Å². The van der Waals surface area contributed by atoms with Gasteiger partial charge < -0.3 is 10.6 Å². The van der Waals surface area contributed by atoms with Crippen LogP contribution in [0, 0.1) is 20.8 Å². The first-order valence-corrected chi connectivity index (χ1v) is 11.3. The predicted octanol–water partition coefficient (Wildman–Crippen LogP) is 5.24.